The second kappa shape index (κ2) is 7.81. The topological polar surface area (TPSA) is 88.0 Å². The first-order valence-electron chi connectivity index (χ1n) is 10.6. The molecule has 2 aromatic rings. The van der Waals surface area contributed by atoms with Gasteiger partial charge in [0.05, 0.1) is 5.69 Å². The molecule has 3 fully saturated rings. The van der Waals surface area contributed by atoms with Gasteiger partial charge in [-0.3, -0.25) is 19.2 Å². The first-order valence-corrected chi connectivity index (χ1v) is 10.6. The van der Waals surface area contributed by atoms with E-state index in [1.54, 1.807) is 4.90 Å². The lowest BCUT2D eigenvalue weighted by Gasteiger charge is -2.22. The van der Waals surface area contributed by atoms with Crippen LogP contribution < -0.4 is 0 Å². The molecule has 31 heavy (non-hydrogen) atoms. The van der Waals surface area contributed by atoms with Crippen LogP contribution in [0.2, 0.25) is 0 Å². The van der Waals surface area contributed by atoms with Gasteiger partial charge in [-0.1, -0.05) is 30.3 Å². The Bertz CT molecular complexity index is 990. The van der Waals surface area contributed by atoms with E-state index in [2.05, 4.69) is 28.3 Å². The van der Waals surface area contributed by atoms with E-state index in [-0.39, 0.29) is 12.8 Å². The molecule has 3 amide bonds. The zero-order chi connectivity index (χ0) is 21.5. The zero-order valence-electron chi connectivity index (χ0n) is 17.4. The van der Waals surface area contributed by atoms with Crippen LogP contribution in [0.3, 0.4) is 0 Å². The van der Waals surface area contributed by atoms with Crippen molar-refractivity contribution in [3.63, 3.8) is 0 Å². The molecule has 2 atom stereocenters. The normalized spacial score (nSPS) is 23.6. The fourth-order valence-corrected chi connectivity index (χ4v) is 4.90. The number of aryl methyl sites for hydroxylation is 1. The van der Waals surface area contributed by atoms with Gasteiger partial charge in [0.1, 0.15) is 0 Å². The van der Waals surface area contributed by atoms with Crippen molar-refractivity contribution >= 4 is 17.9 Å². The first-order chi connectivity index (χ1) is 15.0. The predicted molar refractivity (Wildman–Crippen MR) is 110 cm³/mol. The maximum atomic E-state index is 12.4. The molecule has 5 rings (SSSR count). The summed E-state index contributed by atoms with van der Waals surface area (Å²) in [5, 5.41) is 5.27. The van der Waals surface area contributed by atoms with E-state index in [0.29, 0.717) is 30.0 Å². The molecule has 9 nitrogen and oxygen atoms in total. The Morgan fingerprint density at radius 1 is 1.03 bits per heavy atom. The number of carbonyl (C=O) groups is 3. The largest absolute Gasteiger partial charge is 0.434 e. The Morgan fingerprint density at radius 2 is 1.68 bits per heavy atom. The lowest BCUT2D eigenvalue weighted by Crippen LogP contribution is -2.40. The lowest BCUT2D eigenvalue weighted by molar-refractivity contribution is -0.173. The van der Waals surface area contributed by atoms with Crippen molar-refractivity contribution in [2.24, 2.45) is 18.9 Å². The number of hydroxylamine groups is 2. The first kappa shape index (κ1) is 19.7. The summed E-state index contributed by atoms with van der Waals surface area (Å²) in [6.07, 6.45) is 1.67. The highest BCUT2D eigenvalue weighted by Crippen LogP contribution is 2.33. The molecule has 0 saturated carbocycles. The van der Waals surface area contributed by atoms with Gasteiger partial charge in [0.25, 0.3) is 11.8 Å². The molecule has 0 N–H and O–H groups in total. The highest BCUT2D eigenvalue weighted by Gasteiger charge is 2.43. The third kappa shape index (κ3) is 3.81. The molecule has 1 aromatic heterocycles. The Kier molecular flexibility index (Phi) is 4.97. The molecular formula is C22H25N5O4. The number of hydrogen-bond donors (Lipinski definition) is 0. The van der Waals surface area contributed by atoms with E-state index < -0.39 is 17.9 Å². The van der Waals surface area contributed by atoms with Gasteiger partial charge in [-0.2, -0.15) is 5.10 Å². The van der Waals surface area contributed by atoms with Crippen LogP contribution >= 0.6 is 0 Å². The average molecular weight is 423 g/mol. The minimum absolute atomic E-state index is 0.103. The van der Waals surface area contributed by atoms with Crippen LogP contribution in [0, 0.1) is 11.8 Å². The van der Waals surface area contributed by atoms with Crippen LogP contribution in [0.5, 0.6) is 0 Å². The number of rotatable bonds is 4. The number of likely N-dealkylation sites (tertiary alicyclic amines) is 2. The van der Waals surface area contributed by atoms with Gasteiger partial charge in [-0.15, -0.1) is 5.06 Å². The molecule has 9 heteroatoms. The molecule has 3 aliphatic rings. The van der Waals surface area contributed by atoms with Crippen molar-refractivity contribution in [1.29, 1.82) is 0 Å². The van der Waals surface area contributed by atoms with Gasteiger partial charge in [-0.25, -0.2) is 4.79 Å². The van der Waals surface area contributed by atoms with E-state index in [4.69, 9.17) is 4.84 Å². The van der Waals surface area contributed by atoms with Crippen LogP contribution in [0.1, 0.15) is 18.4 Å². The molecular weight excluding hydrogens is 398 g/mol. The highest BCUT2D eigenvalue weighted by molar-refractivity contribution is 6.01. The molecule has 3 saturated heterocycles. The van der Waals surface area contributed by atoms with Gasteiger partial charge in [0, 0.05) is 69.9 Å². The quantitative estimate of drug-likeness (QED) is 0.695. The van der Waals surface area contributed by atoms with Crippen molar-refractivity contribution in [2.75, 3.05) is 26.2 Å². The molecule has 162 valence electrons. The van der Waals surface area contributed by atoms with E-state index in [9.17, 15) is 14.4 Å². The third-order valence-electron chi connectivity index (χ3n) is 6.34. The summed E-state index contributed by atoms with van der Waals surface area (Å²) in [7, 11) is 1.94. The number of imide groups is 1. The number of nitrogens with zero attached hydrogens (tertiary/aromatic N) is 5. The van der Waals surface area contributed by atoms with Gasteiger partial charge < -0.3 is 9.74 Å². The summed E-state index contributed by atoms with van der Waals surface area (Å²) in [4.78, 5) is 44.9. The smallest absolute Gasteiger partial charge is 0.311 e. The molecule has 0 radical (unpaired) electrons. The van der Waals surface area contributed by atoms with Crippen LogP contribution in [-0.2, 0) is 28.0 Å². The fourth-order valence-electron chi connectivity index (χ4n) is 4.90. The third-order valence-corrected chi connectivity index (χ3v) is 6.34. The Labute approximate surface area is 180 Å². The summed E-state index contributed by atoms with van der Waals surface area (Å²) in [6, 6.07) is 10.2. The average Bonchev–Trinajstić information content (AvgIpc) is 3.49. The molecule has 2 unspecified atom stereocenters. The summed E-state index contributed by atoms with van der Waals surface area (Å²) in [5.41, 5.74) is 3.30. The van der Waals surface area contributed by atoms with Crippen molar-refractivity contribution in [1.82, 2.24) is 24.6 Å². The fraction of sp³-hybridized carbons (Fsp3) is 0.455. The minimum atomic E-state index is -0.608. The number of benzene rings is 1. The molecule has 0 spiro atoms. The second-order valence-electron chi connectivity index (χ2n) is 8.60. The minimum Gasteiger partial charge on any atom is -0.311 e. The summed E-state index contributed by atoms with van der Waals surface area (Å²) in [6.45, 7) is 3.74. The molecule has 3 aliphatic heterocycles. The van der Waals surface area contributed by atoms with Crippen LogP contribution in [0.25, 0.3) is 11.3 Å². The van der Waals surface area contributed by atoms with Crippen LogP contribution in [-0.4, -0.2) is 68.7 Å². The standard InChI is InChI=1S/C22H25N5O4/c1-24-9-18(21(23-24)15-5-3-2-4-6-15)12-25-10-16-13-26(14-17(16)11-25)22(30)31-27-19(28)7-8-20(27)29/h2-6,9,16-17H,7-8,10-14H2,1H3. The molecule has 1 aromatic carbocycles. The van der Waals surface area contributed by atoms with Crippen molar-refractivity contribution < 1.29 is 19.2 Å². The van der Waals surface area contributed by atoms with Gasteiger partial charge in [0.15, 0.2) is 0 Å². The van der Waals surface area contributed by atoms with Gasteiger partial charge in [-0.05, 0) is 11.8 Å². The number of fused-ring (bicyclic) bond motifs is 1. The number of carbonyl (C=O) groups excluding carboxylic acids is 3. The van der Waals surface area contributed by atoms with Gasteiger partial charge in [0.2, 0.25) is 0 Å². The SMILES string of the molecule is Cn1cc(CN2CC3CN(C(=O)ON4C(=O)CCC4=O)CC3C2)c(-c2ccccc2)n1. The Morgan fingerprint density at radius 3 is 2.32 bits per heavy atom. The van der Waals surface area contributed by atoms with E-state index >= 15 is 0 Å². The summed E-state index contributed by atoms with van der Waals surface area (Å²) in [5.74, 6) is -0.187. The molecule has 0 aliphatic carbocycles. The lowest BCUT2D eigenvalue weighted by atomic mass is 10.0. The number of amides is 3. The second-order valence-corrected chi connectivity index (χ2v) is 8.60. The number of aromatic nitrogens is 2. The zero-order valence-corrected chi connectivity index (χ0v) is 17.4. The summed E-state index contributed by atoms with van der Waals surface area (Å²) < 4.78 is 1.85. The Hall–Kier alpha value is -3.20. The molecule has 0 bridgehead atoms. The van der Waals surface area contributed by atoms with Crippen LogP contribution in [0.4, 0.5) is 4.79 Å². The van der Waals surface area contributed by atoms with Crippen molar-refractivity contribution in [3.8, 4) is 11.3 Å². The number of hydrogen-bond acceptors (Lipinski definition) is 6. The summed E-state index contributed by atoms with van der Waals surface area (Å²) >= 11 is 0. The highest BCUT2D eigenvalue weighted by atomic mass is 16.7. The van der Waals surface area contributed by atoms with Gasteiger partial charge >= 0.3 is 6.09 Å². The molecule has 4 heterocycles. The maximum absolute atomic E-state index is 12.4. The van der Waals surface area contributed by atoms with Crippen molar-refractivity contribution in [3.05, 3.63) is 42.1 Å². The van der Waals surface area contributed by atoms with Crippen LogP contribution in [0.15, 0.2) is 36.5 Å². The van der Waals surface area contributed by atoms with E-state index in [0.717, 1.165) is 30.9 Å². The van der Waals surface area contributed by atoms with E-state index in [1.807, 2.05) is 29.9 Å². The Balaban J connectivity index is 1.19. The maximum Gasteiger partial charge on any atom is 0.434 e. The van der Waals surface area contributed by atoms with E-state index in [1.165, 1.54) is 5.56 Å². The predicted octanol–water partition coefficient (Wildman–Crippen LogP) is 1.65. The monoisotopic (exact) mass is 423 g/mol. The van der Waals surface area contributed by atoms with Crippen molar-refractivity contribution in [2.45, 2.75) is 19.4 Å².